The monoisotopic (exact) mass is 330 g/mol. The van der Waals surface area contributed by atoms with Crippen molar-refractivity contribution in [3.05, 3.63) is 17.5 Å². The zero-order valence-electron chi connectivity index (χ0n) is 12.5. The number of thiophene rings is 1. The van der Waals surface area contributed by atoms with Crippen LogP contribution in [0, 0.1) is 5.92 Å². The molecule has 0 unspecified atom stereocenters. The molecule has 5 nitrogen and oxygen atoms in total. The van der Waals surface area contributed by atoms with Crippen LogP contribution in [0.3, 0.4) is 0 Å². The molecule has 1 fully saturated rings. The lowest BCUT2D eigenvalue weighted by Gasteiger charge is -2.35. The molecular formula is C14H22N2O3S2. The zero-order valence-corrected chi connectivity index (χ0v) is 14.1. The molecule has 118 valence electrons. The molecular weight excluding hydrogens is 308 g/mol. The first kappa shape index (κ1) is 16.5. The molecule has 0 aliphatic carbocycles. The Kier molecular flexibility index (Phi) is 5.40. The van der Waals surface area contributed by atoms with Gasteiger partial charge in [0.15, 0.2) is 0 Å². The van der Waals surface area contributed by atoms with E-state index in [-0.39, 0.29) is 11.8 Å². The quantitative estimate of drug-likeness (QED) is 0.830. The summed E-state index contributed by atoms with van der Waals surface area (Å²) in [5.74, 6) is 0.221. The minimum atomic E-state index is -3.39. The Balaban J connectivity index is 1.99. The first-order chi connectivity index (χ1) is 10.0. The molecule has 2 rings (SSSR count). The smallest absolute Gasteiger partial charge is 0.252 e. The Morgan fingerprint density at radius 2 is 1.86 bits per heavy atom. The summed E-state index contributed by atoms with van der Waals surface area (Å²) in [7, 11) is -3.39. The third-order valence-corrected chi connectivity index (χ3v) is 7.25. The number of carbonyl (C=O) groups excluding carboxylic acids is 1. The fourth-order valence-corrected chi connectivity index (χ4v) is 5.15. The maximum Gasteiger partial charge on any atom is 0.252 e. The summed E-state index contributed by atoms with van der Waals surface area (Å²) in [5, 5.41) is 1.76. The number of rotatable bonds is 5. The average molecular weight is 330 g/mol. The number of amides is 1. The molecule has 21 heavy (non-hydrogen) atoms. The van der Waals surface area contributed by atoms with Gasteiger partial charge in [0, 0.05) is 32.1 Å². The summed E-state index contributed by atoms with van der Waals surface area (Å²) < 4.78 is 26.7. The molecule has 1 amide bonds. The van der Waals surface area contributed by atoms with E-state index in [1.165, 1.54) is 15.6 Å². The van der Waals surface area contributed by atoms with Crippen LogP contribution in [0.2, 0.25) is 0 Å². The maximum atomic E-state index is 12.4. The predicted molar refractivity (Wildman–Crippen MR) is 83.7 cm³/mol. The van der Waals surface area contributed by atoms with E-state index in [9.17, 15) is 13.2 Å². The number of nitrogens with zero attached hydrogens (tertiary/aromatic N) is 2. The van der Waals surface area contributed by atoms with Crippen molar-refractivity contribution in [3.8, 4) is 0 Å². The third kappa shape index (κ3) is 3.46. The molecule has 0 N–H and O–H groups in total. The predicted octanol–water partition coefficient (Wildman–Crippen LogP) is 2.02. The van der Waals surface area contributed by atoms with Crippen LogP contribution in [0.1, 0.15) is 26.7 Å². The van der Waals surface area contributed by atoms with E-state index in [4.69, 9.17) is 0 Å². The van der Waals surface area contributed by atoms with Crippen LogP contribution in [-0.4, -0.2) is 49.7 Å². The first-order valence-corrected chi connectivity index (χ1v) is 9.65. The van der Waals surface area contributed by atoms with Crippen LogP contribution in [0.4, 0.5) is 0 Å². The molecule has 1 aliphatic rings. The molecule has 0 aromatic carbocycles. The van der Waals surface area contributed by atoms with Crippen LogP contribution in [0.5, 0.6) is 0 Å². The summed E-state index contributed by atoms with van der Waals surface area (Å²) in [6.45, 7) is 5.77. The lowest BCUT2D eigenvalue weighted by molar-refractivity contribution is -0.136. The molecule has 0 saturated carbocycles. The number of hydrogen-bond donors (Lipinski definition) is 0. The summed E-state index contributed by atoms with van der Waals surface area (Å²) in [6, 6.07) is 3.37. The van der Waals surface area contributed by atoms with Gasteiger partial charge in [-0.05, 0) is 24.3 Å². The van der Waals surface area contributed by atoms with Gasteiger partial charge in [-0.25, -0.2) is 8.42 Å². The third-order valence-electron chi connectivity index (χ3n) is 3.97. The van der Waals surface area contributed by atoms with Crippen molar-refractivity contribution in [3.63, 3.8) is 0 Å². The van der Waals surface area contributed by atoms with Gasteiger partial charge in [-0.1, -0.05) is 19.9 Å². The second kappa shape index (κ2) is 6.89. The number of carbonyl (C=O) groups is 1. The van der Waals surface area contributed by atoms with E-state index in [1.807, 2.05) is 13.8 Å². The highest BCUT2D eigenvalue weighted by Gasteiger charge is 2.31. The van der Waals surface area contributed by atoms with Gasteiger partial charge in [-0.3, -0.25) is 4.79 Å². The Bertz CT molecular complexity index is 557. The largest absolute Gasteiger partial charge is 0.340 e. The Morgan fingerprint density at radius 1 is 1.24 bits per heavy atom. The molecule has 2 heterocycles. The number of piperazine rings is 1. The second-order valence-electron chi connectivity index (χ2n) is 5.17. The lowest BCUT2D eigenvalue weighted by Crippen LogP contribution is -2.51. The van der Waals surface area contributed by atoms with Gasteiger partial charge in [0.25, 0.3) is 10.0 Å². The van der Waals surface area contributed by atoms with E-state index >= 15 is 0 Å². The second-order valence-corrected chi connectivity index (χ2v) is 8.29. The van der Waals surface area contributed by atoms with Gasteiger partial charge in [0.2, 0.25) is 5.91 Å². The van der Waals surface area contributed by atoms with Gasteiger partial charge in [-0.2, -0.15) is 4.31 Å². The summed E-state index contributed by atoms with van der Waals surface area (Å²) in [6.07, 6.45) is 1.67. The van der Waals surface area contributed by atoms with Crippen LogP contribution in [0.15, 0.2) is 21.7 Å². The minimum absolute atomic E-state index is 0.0606. The Labute approximate surface area is 130 Å². The normalized spacial score (nSPS) is 17.4. The molecule has 0 bridgehead atoms. The van der Waals surface area contributed by atoms with Crippen molar-refractivity contribution >= 4 is 27.3 Å². The Hall–Kier alpha value is -0.920. The highest BCUT2D eigenvalue weighted by molar-refractivity contribution is 7.91. The first-order valence-electron chi connectivity index (χ1n) is 7.33. The average Bonchev–Trinajstić information content (AvgIpc) is 3.03. The Morgan fingerprint density at radius 3 is 2.33 bits per heavy atom. The number of hydrogen-bond acceptors (Lipinski definition) is 4. The molecule has 1 aromatic rings. The topological polar surface area (TPSA) is 57.7 Å². The van der Waals surface area contributed by atoms with E-state index in [0.717, 1.165) is 12.8 Å². The fourth-order valence-electron chi connectivity index (χ4n) is 2.58. The lowest BCUT2D eigenvalue weighted by atomic mass is 10.0. The van der Waals surface area contributed by atoms with Crippen molar-refractivity contribution < 1.29 is 13.2 Å². The zero-order chi connectivity index (χ0) is 15.5. The van der Waals surface area contributed by atoms with Gasteiger partial charge in [0.1, 0.15) is 4.21 Å². The molecule has 7 heteroatoms. The van der Waals surface area contributed by atoms with E-state index in [2.05, 4.69) is 0 Å². The van der Waals surface area contributed by atoms with Crippen molar-refractivity contribution in [2.24, 2.45) is 5.92 Å². The van der Waals surface area contributed by atoms with Crippen LogP contribution < -0.4 is 0 Å². The van der Waals surface area contributed by atoms with E-state index < -0.39 is 10.0 Å². The molecule has 1 saturated heterocycles. The summed E-state index contributed by atoms with van der Waals surface area (Å²) in [4.78, 5) is 14.1. The molecule has 1 aromatic heterocycles. The summed E-state index contributed by atoms with van der Waals surface area (Å²) in [5.41, 5.74) is 0. The van der Waals surface area contributed by atoms with Crippen molar-refractivity contribution in [2.75, 3.05) is 26.2 Å². The molecule has 0 atom stereocenters. The minimum Gasteiger partial charge on any atom is -0.340 e. The summed E-state index contributed by atoms with van der Waals surface area (Å²) >= 11 is 1.23. The highest BCUT2D eigenvalue weighted by atomic mass is 32.2. The molecule has 0 spiro atoms. The molecule has 1 aliphatic heterocycles. The van der Waals surface area contributed by atoms with Gasteiger partial charge in [0.05, 0.1) is 0 Å². The fraction of sp³-hybridized carbons (Fsp3) is 0.643. The van der Waals surface area contributed by atoms with Gasteiger partial charge < -0.3 is 4.90 Å². The SMILES string of the molecule is CCC(CC)C(=O)N1CCN(S(=O)(=O)c2cccs2)CC1. The van der Waals surface area contributed by atoms with Gasteiger partial charge >= 0.3 is 0 Å². The number of sulfonamides is 1. The standard InChI is InChI=1S/C14H22N2O3S2/c1-3-12(4-2)14(17)15-7-9-16(10-8-15)21(18,19)13-6-5-11-20-13/h5-6,11-12H,3-4,7-10H2,1-2H3. The van der Waals surface area contributed by atoms with Crippen molar-refractivity contribution in [1.29, 1.82) is 0 Å². The van der Waals surface area contributed by atoms with Crippen LogP contribution in [-0.2, 0) is 14.8 Å². The van der Waals surface area contributed by atoms with E-state index in [0.29, 0.717) is 30.4 Å². The maximum absolute atomic E-state index is 12.4. The van der Waals surface area contributed by atoms with Crippen LogP contribution >= 0.6 is 11.3 Å². The van der Waals surface area contributed by atoms with E-state index in [1.54, 1.807) is 22.4 Å². The van der Waals surface area contributed by atoms with Crippen molar-refractivity contribution in [1.82, 2.24) is 9.21 Å². The van der Waals surface area contributed by atoms with Crippen LogP contribution in [0.25, 0.3) is 0 Å². The van der Waals surface area contributed by atoms with Crippen molar-refractivity contribution in [2.45, 2.75) is 30.9 Å². The highest BCUT2D eigenvalue weighted by Crippen LogP contribution is 2.22. The molecule has 0 radical (unpaired) electrons. The van der Waals surface area contributed by atoms with Gasteiger partial charge in [-0.15, -0.1) is 11.3 Å².